The fraction of sp³-hybridized carbons (Fsp3) is 0.625. The van der Waals surface area contributed by atoms with Crippen LogP contribution in [0.3, 0.4) is 0 Å². The van der Waals surface area contributed by atoms with Gasteiger partial charge in [-0.05, 0) is 31.4 Å². The average Bonchev–Trinajstić information content (AvgIpc) is 2.47. The topological polar surface area (TPSA) is 45.2 Å². The molecule has 0 saturated carbocycles. The Labute approximate surface area is 122 Å². The lowest BCUT2D eigenvalue weighted by atomic mass is 10.2. The Balaban J connectivity index is 2.64. The predicted molar refractivity (Wildman–Crippen MR) is 84.3 cm³/mol. The lowest BCUT2D eigenvalue weighted by molar-refractivity contribution is 0.0948. The first-order chi connectivity index (χ1) is 9.72. The number of anilines is 1. The second-order valence-corrected chi connectivity index (χ2v) is 5.00. The van der Waals surface area contributed by atoms with Crippen molar-refractivity contribution in [3.63, 3.8) is 0 Å². The Kier molecular flexibility index (Phi) is 7.70. The van der Waals surface area contributed by atoms with Crippen LogP contribution in [0.25, 0.3) is 0 Å². The molecule has 1 heterocycles. The van der Waals surface area contributed by atoms with E-state index in [0.717, 1.165) is 51.0 Å². The third-order valence-electron chi connectivity index (χ3n) is 3.15. The standard InChI is InChI=1S/C16H27N3O/c1-4-7-10-17-16(20)15-9-8-14(13-18-15)19(11-5-2)12-6-3/h8-9,13H,4-7,10-12H2,1-3H3,(H,17,20). The number of pyridine rings is 1. The molecule has 112 valence electrons. The van der Waals surface area contributed by atoms with Crippen LogP contribution >= 0.6 is 0 Å². The predicted octanol–water partition coefficient (Wildman–Crippen LogP) is 3.24. The van der Waals surface area contributed by atoms with Crippen LogP contribution in [0, 0.1) is 0 Å². The minimum Gasteiger partial charge on any atom is -0.370 e. The van der Waals surface area contributed by atoms with Crippen molar-refractivity contribution in [2.45, 2.75) is 46.5 Å². The van der Waals surface area contributed by atoms with Crippen molar-refractivity contribution < 1.29 is 4.79 Å². The highest BCUT2D eigenvalue weighted by Gasteiger charge is 2.09. The molecule has 1 amide bonds. The number of aromatic nitrogens is 1. The van der Waals surface area contributed by atoms with E-state index < -0.39 is 0 Å². The van der Waals surface area contributed by atoms with E-state index in [1.165, 1.54) is 0 Å². The van der Waals surface area contributed by atoms with Gasteiger partial charge in [-0.15, -0.1) is 0 Å². The Hall–Kier alpha value is -1.58. The van der Waals surface area contributed by atoms with Crippen LogP contribution in [0.4, 0.5) is 5.69 Å². The second-order valence-electron chi connectivity index (χ2n) is 5.00. The van der Waals surface area contributed by atoms with Crippen molar-refractivity contribution in [3.8, 4) is 0 Å². The minimum atomic E-state index is -0.0810. The van der Waals surface area contributed by atoms with E-state index in [1.54, 1.807) is 6.20 Å². The normalized spacial score (nSPS) is 10.3. The molecule has 0 unspecified atom stereocenters. The monoisotopic (exact) mass is 277 g/mol. The molecular weight excluding hydrogens is 250 g/mol. The number of carbonyl (C=O) groups excluding carboxylic acids is 1. The molecule has 20 heavy (non-hydrogen) atoms. The van der Waals surface area contributed by atoms with E-state index in [-0.39, 0.29) is 5.91 Å². The third kappa shape index (κ3) is 5.19. The number of hydrogen-bond donors (Lipinski definition) is 1. The van der Waals surface area contributed by atoms with Crippen LogP contribution < -0.4 is 10.2 Å². The van der Waals surface area contributed by atoms with E-state index in [2.05, 4.69) is 36.0 Å². The first-order valence-electron chi connectivity index (χ1n) is 7.72. The number of hydrogen-bond acceptors (Lipinski definition) is 3. The summed E-state index contributed by atoms with van der Waals surface area (Å²) in [7, 11) is 0. The Morgan fingerprint density at radius 2 is 1.85 bits per heavy atom. The third-order valence-corrected chi connectivity index (χ3v) is 3.15. The zero-order chi connectivity index (χ0) is 14.8. The maximum Gasteiger partial charge on any atom is 0.269 e. The van der Waals surface area contributed by atoms with Crippen LogP contribution in [0.2, 0.25) is 0 Å². The molecule has 4 heteroatoms. The van der Waals surface area contributed by atoms with E-state index in [4.69, 9.17) is 0 Å². The van der Waals surface area contributed by atoms with Gasteiger partial charge in [0.25, 0.3) is 5.91 Å². The Morgan fingerprint density at radius 3 is 2.35 bits per heavy atom. The summed E-state index contributed by atoms with van der Waals surface area (Å²) in [6.07, 6.45) is 6.11. The van der Waals surface area contributed by atoms with Crippen molar-refractivity contribution in [3.05, 3.63) is 24.0 Å². The van der Waals surface area contributed by atoms with Gasteiger partial charge in [-0.25, -0.2) is 4.98 Å². The highest BCUT2D eigenvalue weighted by molar-refractivity contribution is 5.92. The molecular formula is C16H27N3O. The van der Waals surface area contributed by atoms with Crippen LogP contribution in [0.1, 0.15) is 56.9 Å². The molecule has 1 aromatic heterocycles. The first-order valence-corrected chi connectivity index (χ1v) is 7.72. The number of nitrogens with zero attached hydrogens (tertiary/aromatic N) is 2. The van der Waals surface area contributed by atoms with Gasteiger partial charge in [0.1, 0.15) is 5.69 Å². The summed E-state index contributed by atoms with van der Waals surface area (Å²) in [5, 5.41) is 2.88. The average molecular weight is 277 g/mol. The van der Waals surface area contributed by atoms with Gasteiger partial charge in [0.2, 0.25) is 0 Å². The largest absolute Gasteiger partial charge is 0.370 e. The van der Waals surface area contributed by atoms with Crippen LogP contribution in [0.5, 0.6) is 0 Å². The van der Waals surface area contributed by atoms with Gasteiger partial charge in [0.05, 0.1) is 11.9 Å². The molecule has 0 atom stereocenters. The number of nitrogens with one attached hydrogen (secondary N) is 1. The molecule has 0 aliphatic heterocycles. The van der Waals surface area contributed by atoms with Gasteiger partial charge in [0.15, 0.2) is 0 Å². The second kappa shape index (κ2) is 9.34. The number of rotatable bonds is 9. The van der Waals surface area contributed by atoms with Crippen molar-refractivity contribution >= 4 is 11.6 Å². The summed E-state index contributed by atoms with van der Waals surface area (Å²) in [5.41, 5.74) is 1.59. The molecule has 0 aliphatic carbocycles. The summed E-state index contributed by atoms with van der Waals surface area (Å²) in [5.74, 6) is -0.0810. The zero-order valence-corrected chi connectivity index (χ0v) is 13.0. The van der Waals surface area contributed by atoms with E-state index in [1.807, 2.05) is 12.1 Å². The minimum absolute atomic E-state index is 0.0810. The number of amides is 1. The molecule has 0 spiro atoms. The first kappa shape index (κ1) is 16.5. The molecule has 1 aromatic rings. The summed E-state index contributed by atoms with van der Waals surface area (Å²) in [6.45, 7) is 9.22. The van der Waals surface area contributed by atoms with Crippen molar-refractivity contribution in [1.29, 1.82) is 0 Å². The highest BCUT2D eigenvalue weighted by Crippen LogP contribution is 2.14. The van der Waals surface area contributed by atoms with Crippen molar-refractivity contribution in [2.24, 2.45) is 0 Å². The molecule has 1 rings (SSSR count). The summed E-state index contributed by atoms with van der Waals surface area (Å²) in [4.78, 5) is 18.5. The van der Waals surface area contributed by atoms with Gasteiger partial charge >= 0.3 is 0 Å². The lowest BCUT2D eigenvalue weighted by Gasteiger charge is -2.23. The quantitative estimate of drug-likeness (QED) is 0.705. The van der Waals surface area contributed by atoms with E-state index in [9.17, 15) is 4.79 Å². The van der Waals surface area contributed by atoms with Gasteiger partial charge in [-0.3, -0.25) is 4.79 Å². The Morgan fingerprint density at radius 1 is 1.15 bits per heavy atom. The molecule has 0 aromatic carbocycles. The van der Waals surface area contributed by atoms with Gasteiger partial charge in [0, 0.05) is 19.6 Å². The molecule has 1 N–H and O–H groups in total. The fourth-order valence-corrected chi connectivity index (χ4v) is 2.09. The molecule has 0 fully saturated rings. The molecule has 0 aliphatic rings. The molecule has 4 nitrogen and oxygen atoms in total. The SMILES string of the molecule is CCCCNC(=O)c1ccc(N(CCC)CCC)cn1. The molecule has 0 radical (unpaired) electrons. The number of carbonyl (C=O) groups is 1. The van der Waals surface area contributed by atoms with E-state index >= 15 is 0 Å². The fourth-order valence-electron chi connectivity index (χ4n) is 2.09. The zero-order valence-electron chi connectivity index (χ0n) is 13.0. The highest BCUT2D eigenvalue weighted by atomic mass is 16.1. The molecule has 0 bridgehead atoms. The van der Waals surface area contributed by atoms with Gasteiger partial charge in [-0.2, -0.15) is 0 Å². The van der Waals surface area contributed by atoms with Crippen LogP contribution in [0.15, 0.2) is 18.3 Å². The van der Waals surface area contributed by atoms with Crippen LogP contribution in [-0.2, 0) is 0 Å². The molecule has 0 saturated heterocycles. The summed E-state index contributed by atoms with van der Waals surface area (Å²) < 4.78 is 0. The Bertz CT molecular complexity index is 383. The smallest absolute Gasteiger partial charge is 0.269 e. The maximum absolute atomic E-state index is 11.9. The van der Waals surface area contributed by atoms with Gasteiger partial charge in [-0.1, -0.05) is 27.2 Å². The van der Waals surface area contributed by atoms with Gasteiger partial charge < -0.3 is 10.2 Å². The van der Waals surface area contributed by atoms with Crippen molar-refractivity contribution in [2.75, 3.05) is 24.5 Å². The summed E-state index contributed by atoms with van der Waals surface area (Å²) in [6, 6.07) is 3.81. The van der Waals surface area contributed by atoms with Crippen molar-refractivity contribution in [1.82, 2.24) is 10.3 Å². The van der Waals surface area contributed by atoms with E-state index in [0.29, 0.717) is 5.69 Å². The lowest BCUT2D eigenvalue weighted by Crippen LogP contribution is -2.27. The maximum atomic E-state index is 11.9. The van der Waals surface area contributed by atoms with Crippen LogP contribution in [-0.4, -0.2) is 30.5 Å². The number of unbranched alkanes of at least 4 members (excludes halogenated alkanes) is 1. The summed E-state index contributed by atoms with van der Waals surface area (Å²) >= 11 is 0.